The molecule has 0 bridgehead atoms. The van der Waals surface area contributed by atoms with Crippen LogP contribution in [0, 0.1) is 0 Å². The molecule has 0 atom stereocenters. The number of hydrogen-bond acceptors (Lipinski definition) is 2. The molecule has 2 nitrogen and oxygen atoms in total. The van der Waals surface area contributed by atoms with Gasteiger partial charge in [-0.1, -0.05) is 18.2 Å². The van der Waals surface area contributed by atoms with Gasteiger partial charge in [0.1, 0.15) is 0 Å². The lowest BCUT2D eigenvalue weighted by Crippen LogP contribution is -2.15. The number of fused-ring (bicyclic) bond motifs is 1. The summed E-state index contributed by atoms with van der Waals surface area (Å²) in [5.74, 6) is 0. The van der Waals surface area contributed by atoms with Crippen LogP contribution in [0.2, 0.25) is 0 Å². The molecule has 2 rings (SSSR count). The zero-order chi connectivity index (χ0) is 11.2. The van der Waals surface area contributed by atoms with Crippen LogP contribution in [0.5, 0.6) is 0 Å². The first-order valence-electron chi connectivity index (χ1n) is 5.50. The maximum atomic E-state index is 11.9. The maximum absolute atomic E-state index is 11.9. The van der Waals surface area contributed by atoms with Gasteiger partial charge < -0.3 is 5.32 Å². The quantitative estimate of drug-likeness (QED) is 0.780. The predicted molar refractivity (Wildman–Crippen MR) is 64.0 cm³/mol. The van der Waals surface area contributed by atoms with E-state index in [9.17, 15) is 4.39 Å². The Bertz CT molecular complexity index is 451. The second-order valence-corrected chi connectivity index (χ2v) is 3.73. The molecule has 1 N–H and O–H groups in total. The molecule has 1 aromatic carbocycles. The van der Waals surface area contributed by atoms with E-state index in [1.807, 2.05) is 24.4 Å². The fourth-order valence-corrected chi connectivity index (χ4v) is 1.76. The third kappa shape index (κ3) is 2.55. The van der Waals surface area contributed by atoms with Crippen molar-refractivity contribution in [2.45, 2.75) is 13.0 Å². The highest BCUT2D eigenvalue weighted by molar-refractivity contribution is 5.84. The van der Waals surface area contributed by atoms with Crippen LogP contribution in [0.3, 0.4) is 0 Å². The molecule has 1 aromatic heterocycles. The van der Waals surface area contributed by atoms with Gasteiger partial charge in [0, 0.05) is 24.3 Å². The Labute approximate surface area is 94.5 Å². The maximum Gasteiger partial charge on any atom is 0.0906 e. The predicted octanol–water partition coefficient (Wildman–Crippen LogP) is 2.68. The van der Waals surface area contributed by atoms with Crippen molar-refractivity contribution in [1.82, 2.24) is 10.3 Å². The van der Waals surface area contributed by atoms with Crippen LogP contribution in [0.4, 0.5) is 4.39 Å². The van der Waals surface area contributed by atoms with Gasteiger partial charge in [-0.2, -0.15) is 0 Å². The number of rotatable bonds is 5. The zero-order valence-electron chi connectivity index (χ0n) is 9.12. The molecule has 0 radical (unpaired) electrons. The summed E-state index contributed by atoms with van der Waals surface area (Å²) in [6.07, 6.45) is 4.24. The summed E-state index contributed by atoms with van der Waals surface area (Å²) in [4.78, 5) is 4.09. The van der Waals surface area contributed by atoms with Gasteiger partial charge in [0.2, 0.25) is 0 Å². The van der Waals surface area contributed by atoms with Crippen molar-refractivity contribution in [3.63, 3.8) is 0 Å². The summed E-state index contributed by atoms with van der Waals surface area (Å²) < 4.78 is 11.9. The summed E-state index contributed by atoms with van der Waals surface area (Å²) in [5.41, 5.74) is 1.23. The summed E-state index contributed by atoms with van der Waals surface area (Å²) in [6, 6.07) is 8.18. The Morgan fingerprint density at radius 3 is 3.06 bits per heavy atom. The minimum Gasteiger partial charge on any atom is -0.313 e. The van der Waals surface area contributed by atoms with Gasteiger partial charge in [0.25, 0.3) is 0 Å². The number of nitrogens with one attached hydrogen (secondary N) is 1. The van der Waals surface area contributed by atoms with E-state index in [1.165, 1.54) is 10.9 Å². The SMILES string of the molecule is FCCCNCc1cccc2cnccc12. The van der Waals surface area contributed by atoms with E-state index in [0.29, 0.717) is 6.42 Å². The molecule has 3 heteroatoms. The van der Waals surface area contributed by atoms with E-state index in [4.69, 9.17) is 0 Å². The fraction of sp³-hybridized carbons (Fsp3) is 0.308. The minimum atomic E-state index is -0.257. The van der Waals surface area contributed by atoms with Gasteiger partial charge in [-0.25, -0.2) is 0 Å². The van der Waals surface area contributed by atoms with Gasteiger partial charge >= 0.3 is 0 Å². The number of alkyl halides is 1. The molecule has 0 unspecified atom stereocenters. The number of benzene rings is 1. The largest absolute Gasteiger partial charge is 0.313 e. The highest BCUT2D eigenvalue weighted by atomic mass is 19.1. The molecule has 0 amide bonds. The molecule has 0 aliphatic rings. The third-order valence-corrected chi connectivity index (χ3v) is 2.57. The van der Waals surface area contributed by atoms with E-state index in [1.54, 1.807) is 6.20 Å². The highest BCUT2D eigenvalue weighted by Crippen LogP contribution is 2.16. The van der Waals surface area contributed by atoms with Crippen molar-refractivity contribution in [2.24, 2.45) is 0 Å². The lowest BCUT2D eigenvalue weighted by molar-refractivity contribution is 0.459. The molecular weight excluding hydrogens is 203 g/mol. The first kappa shape index (κ1) is 11.0. The molecule has 0 spiro atoms. The number of aromatic nitrogens is 1. The van der Waals surface area contributed by atoms with Crippen LogP contribution in [0.1, 0.15) is 12.0 Å². The van der Waals surface area contributed by atoms with E-state index >= 15 is 0 Å². The van der Waals surface area contributed by atoms with Crippen LogP contribution in [-0.4, -0.2) is 18.2 Å². The van der Waals surface area contributed by atoms with Gasteiger partial charge in [-0.05, 0) is 30.0 Å². The van der Waals surface area contributed by atoms with Crippen molar-refractivity contribution in [3.05, 3.63) is 42.2 Å². The first-order valence-corrected chi connectivity index (χ1v) is 5.50. The Morgan fingerprint density at radius 2 is 2.19 bits per heavy atom. The van der Waals surface area contributed by atoms with Crippen LogP contribution in [-0.2, 0) is 6.54 Å². The molecule has 0 aliphatic carbocycles. The van der Waals surface area contributed by atoms with Crippen LogP contribution < -0.4 is 5.32 Å². The van der Waals surface area contributed by atoms with Gasteiger partial charge in [0.15, 0.2) is 0 Å². The second-order valence-electron chi connectivity index (χ2n) is 3.73. The monoisotopic (exact) mass is 218 g/mol. The van der Waals surface area contributed by atoms with Crippen molar-refractivity contribution >= 4 is 10.8 Å². The Kier molecular flexibility index (Phi) is 3.83. The second kappa shape index (κ2) is 5.56. The molecule has 0 saturated carbocycles. The number of nitrogens with zero attached hydrogens (tertiary/aromatic N) is 1. The topological polar surface area (TPSA) is 24.9 Å². The van der Waals surface area contributed by atoms with Crippen LogP contribution >= 0.6 is 0 Å². The molecule has 16 heavy (non-hydrogen) atoms. The average Bonchev–Trinajstić information content (AvgIpc) is 2.35. The molecule has 84 valence electrons. The van der Waals surface area contributed by atoms with Crippen molar-refractivity contribution < 1.29 is 4.39 Å². The van der Waals surface area contributed by atoms with Gasteiger partial charge in [-0.3, -0.25) is 9.37 Å². The first-order chi connectivity index (χ1) is 7.92. The molecule has 0 aliphatic heterocycles. The lowest BCUT2D eigenvalue weighted by atomic mass is 10.1. The van der Waals surface area contributed by atoms with Gasteiger partial charge in [0.05, 0.1) is 6.67 Å². The van der Waals surface area contributed by atoms with Crippen molar-refractivity contribution in [2.75, 3.05) is 13.2 Å². The standard InChI is InChI=1S/C13H15FN2/c14-6-2-7-15-9-11-3-1-4-12-10-16-8-5-13(11)12/h1,3-5,8,10,15H,2,6-7,9H2. The van der Waals surface area contributed by atoms with E-state index < -0.39 is 0 Å². The van der Waals surface area contributed by atoms with E-state index in [2.05, 4.69) is 16.4 Å². The number of hydrogen-bond donors (Lipinski definition) is 1. The molecule has 2 aromatic rings. The summed E-state index contributed by atoms with van der Waals surface area (Å²) >= 11 is 0. The third-order valence-electron chi connectivity index (χ3n) is 2.57. The number of pyridine rings is 1. The lowest BCUT2D eigenvalue weighted by Gasteiger charge is -2.07. The smallest absolute Gasteiger partial charge is 0.0906 e. The Morgan fingerprint density at radius 1 is 1.25 bits per heavy atom. The average molecular weight is 218 g/mol. The summed E-state index contributed by atoms with van der Waals surface area (Å²) in [5, 5.41) is 5.59. The normalized spacial score (nSPS) is 10.8. The molecular formula is C13H15FN2. The minimum absolute atomic E-state index is 0.257. The highest BCUT2D eigenvalue weighted by Gasteiger charge is 1.99. The molecule has 0 fully saturated rings. The molecule has 1 heterocycles. The van der Waals surface area contributed by atoms with E-state index in [0.717, 1.165) is 18.5 Å². The Balaban J connectivity index is 2.11. The zero-order valence-corrected chi connectivity index (χ0v) is 9.12. The van der Waals surface area contributed by atoms with Gasteiger partial charge in [-0.15, -0.1) is 0 Å². The summed E-state index contributed by atoms with van der Waals surface area (Å²) in [6.45, 7) is 1.24. The van der Waals surface area contributed by atoms with Crippen molar-refractivity contribution in [1.29, 1.82) is 0 Å². The van der Waals surface area contributed by atoms with E-state index in [-0.39, 0.29) is 6.67 Å². The summed E-state index contributed by atoms with van der Waals surface area (Å²) in [7, 11) is 0. The Hall–Kier alpha value is -1.48. The molecule has 0 saturated heterocycles. The van der Waals surface area contributed by atoms with Crippen LogP contribution in [0.15, 0.2) is 36.7 Å². The van der Waals surface area contributed by atoms with Crippen LogP contribution in [0.25, 0.3) is 10.8 Å². The number of halogens is 1. The van der Waals surface area contributed by atoms with Crippen molar-refractivity contribution in [3.8, 4) is 0 Å². The fourth-order valence-electron chi connectivity index (χ4n) is 1.76.